The van der Waals surface area contributed by atoms with E-state index < -0.39 is 0 Å². The summed E-state index contributed by atoms with van der Waals surface area (Å²) in [4.78, 5) is 1.14. The van der Waals surface area contributed by atoms with Crippen LogP contribution in [0.2, 0.25) is 4.34 Å². The molecular formula is C5H4ClS. The van der Waals surface area contributed by atoms with E-state index in [4.69, 9.17) is 11.6 Å². The Kier molecular flexibility index (Phi) is 1.35. The first-order valence-corrected chi connectivity index (χ1v) is 3.12. The molecule has 0 fully saturated rings. The van der Waals surface area contributed by atoms with Gasteiger partial charge in [0.25, 0.3) is 0 Å². The fraction of sp³-hybridized carbons (Fsp3) is 0.200. The van der Waals surface area contributed by atoms with Gasteiger partial charge < -0.3 is 0 Å². The molecule has 1 radical (unpaired) electrons. The van der Waals surface area contributed by atoms with E-state index in [-0.39, 0.29) is 0 Å². The normalized spacial score (nSPS) is 9.43. The highest BCUT2D eigenvalue weighted by Crippen LogP contribution is 2.18. The van der Waals surface area contributed by atoms with Crippen LogP contribution in [0.3, 0.4) is 0 Å². The Labute approximate surface area is 51.7 Å². The van der Waals surface area contributed by atoms with Crippen LogP contribution in [0.5, 0.6) is 0 Å². The van der Waals surface area contributed by atoms with Crippen LogP contribution in [0, 0.1) is 13.0 Å². The maximum absolute atomic E-state index is 5.55. The fourth-order valence-electron chi connectivity index (χ4n) is 0.364. The number of halogens is 1. The summed E-state index contributed by atoms with van der Waals surface area (Å²) in [6.07, 6.45) is 0. The van der Waals surface area contributed by atoms with E-state index in [2.05, 4.69) is 6.07 Å². The van der Waals surface area contributed by atoms with Crippen molar-refractivity contribution in [3.63, 3.8) is 0 Å². The summed E-state index contributed by atoms with van der Waals surface area (Å²) in [6.45, 7) is 1.98. The SMILES string of the molecule is Cc1[c]cc(Cl)s1. The summed E-state index contributed by atoms with van der Waals surface area (Å²) in [5.74, 6) is 0. The Morgan fingerprint density at radius 1 is 1.86 bits per heavy atom. The van der Waals surface area contributed by atoms with Crippen LogP contribution in [-0.4, -0.2) is 0 Å². The van der Waals surface area contributed by atoms with E-state index in [1.54, 1.807) is 17.4 Å². The van der Waals surface area contributed by atoms with E-state index in [0.717, 1.165) is 9.21 Å². The Balaban J connectivity index is 3.04. The van der Waals surface area contributed by atoms with Crippen molar-refractivity contribution < 1.29 is 0 Å². The molecule has 0 atom stereocenters. The first kappa shape index (κ1) is 5.13. The summed E-state index contributed by atoms with van der Waals surface area (Å²) >= 11 is 7.10. The number of hydrogen-bond acceptors (Lipinski definition) is 1. The van der Waals surface area contributed by atoms with Gasteiger partial charge in [0, 0.05) is 4.88 Å². The summed E-state index contributed by atoms with van der Waals surface area (Å²) in [5.41, 5.74) is 0. The zero-order valence-corrected chi connectivity index (χ0v) is 5.44. The number of rotatable bonds is 0. The largest absolute Gasteiger partial charge is 0.128 e. The van der Waals surface area contributed by atoms with Gasteiger partial charge in [-0.05, 0) is 19.1 Å². The summed E-state index contributed by atoms with van der Waals surface area (Å²) in [7, 11) is 0. The van der Waals surface area contributed by atoms with Crippen molar-refractivity contribution in [1.82, 2.24) is 0 Å². The third kappa shape index (κ3) is 1.18. The maximum atomic E-state index is 5.55. The minimum atomic E-state index is 0.817. The summed E-state index contributed by atoms with van der Waals surface area (Å²) in [5, 5.41) is 0. The molecule has 0 unspecified atom stereocenters. The van der Waals surface area contributed by atoms with E-state index in [1.165, 1.54) is 0 Å². The molecule has 0 bridgehead atoms. The highest BCUT2D eigenvalue weighted by Gasteiger charge is 1.87. The van der Waals surface area contributed by atoms with Crippen LogP contribution in [-0.2, 0) is 0 Å². The lowest BCUT2D eigenvalue weighted by atomic mass is 10.5. The van der Waals surface area contributed by atoms with Crippen molar-refractivity contribution in [2.24, 2.45) is 0 Å². The Bertz CT molecular complexity index is 140. The molecule has 0 aliphatic rings. The van der Waals surface area contributed by atoms with E-state index in [9.17, 15) is 0 Å². The lowest BCUT2D eigenvalue weighted by molar-refractivity contribution is 1.63. The second-order valence-electron chi connectivity index (χ2n) is 1.25. The first-order chi connectivity index (χ1) is 3.29. The zero-order valence-electron chi connectivity index (χ0n) is 3.86. The quantitative estimate of drug-likeness (QED) is 0.508. The van der Waals surface area contributed by atoms with Gasteiger partial charge in [-0.2, -0.15) is 0 Å². The van der Waals surface area contributed by atoms with Gasteiger partial charge in [0.15, 0.2) is 0 Å². The Morgan fingerprint density at radius 3 is 2.71 bits per heavy atom. The minimum Gasteiger partial charge on any atom is -0.128 e. The van der Waals surface area contributed by atoms with E-state index in [1.807, 2.05) is 6.92 Å². The van der Waals surface area contributed by atoms with Crippen LogP contribution in [0.4, 0.5) is 0 Å². The molecule has 1 rings (SSSR count). The molecule has 37 valence electrons. The Morgan fingerprint density at radius 2 is 2.57 bits per heavy atom. The van der Waals surface area contributed by atoms with Crippen molar-refractivity contribution in [3.05, 3.63) is 21.3 Å². The molecule has 0 amide bonds. The predicted molar refractivity (Wildman–Crippen MR) is 32.9 cm³/mol. The van der Waals surface area contributed by atoms with Crippen LogP contribution < -0.4 is 0 Å². The molecule has 1 aromatic rings. The topological polar surface area (TPSA) is 0 Å². The third-order valence-corrected chi connectivity index (χ3v) is 1.72. The maximum Gasteiger partial charge on any atom is 0.0937 e. The van der Waals surface area contributed by atoms with Crippen LogP contribution in [0.15, 0.2) is 6.07 Å². The van der Waals surface area contributed by atoms with Crippen LogP contribution in [0.1, 0.15) is 4.88 Å². The molecule has 0 aliphatic carbocycles. The van der Waals surface area contributed by atoms with E-state index in [0.29, 0.717) is 0 Å². The first-order valence-electron chi connectivity index (χ1n) is 1.92. The standard InChI is InChI=1S/C5H4ClS/c1-4-2-3-5(6)7-4/h3H,1H3. The molecule has 2 heteroatoms. The minimum absolute atomic E-state index is 0.817. The van der Waals surface area contributed by atoms with Crippen LogP contribution in [0.25, 0.3) is 0 Å². The van der Waals surface area contributed by atoms with Crippen molar-refractivity contribution in [2.75, 3.05) is 0 Å². The van der Waals surface area contributed by atoms with Gasteiger partial charge in [0.2, 0.25) is 0 Å². The third-order valence-electron chi connectivity index (χ3n) is 0.640. The molecule has 0 nitrogen and oxygen atoms in total. The second kappa shape index (κ2) is 1.85. The molecule has 7 heavy (non-hydrogen) atoms. The van der Waals surface area contributed by atoms with Gasteiger partial charge in [-0.15, -0.1) is 11.3 Å². The average molecular weight is 132 g/mol. The number of aryl methyl sites for hydroxylation is 1. The highest BCUT2D eigenvalue weighted by atomic mass is 35.5. The molecule has 0 spiro atoms. The molecule has 1 aromatic heterocycles. The molecule has 0 aromatic carbocycles. The monoisotopic (exact) mass is 131 g/mol. The van der Waals surface area contributed by atoms with Gasteiger partial charge in [-0.1, -0.05) is 11.6 Å². The fourth-order valence-corrected chi connectivity index (χ4v) is 1.29. The lowest BCUT2D eigenvalue weighted by Crippen LogP contribution is -1.44. The average Bonchev–Trinajstić information content (AvgIpc) is 1.87. The summed E-state index contributed by atoms with van der Waals surface area (Å²) in [6, 6.07) is 4.73. The molecule has 1 heterocycles. The molecule has 0 saturated heterocycles. The van der Waals surface area contributed by atoms with Gasteiger partial charge in [0.1, 0.15) is 0 Å². The Hall–Kier alpha value is -0.0100. The molecular weight excluding hydrogens is 128 g/mol. The molecule has 0 saturated carbocycles. The van der Waals surface area contributed by atoms with Crippen LogP contribution >= 0.6 is 22.9 Å². The highest BCUT2D eigenvalue weighted by molar-refractivity contribution is 7.16. The van der Waals surface area contributed by atoms with Crippen molar-refractivity contribution in [1.29, 1.82) is 0 Å². The zero-order chi connectivity index (χ0) is 5.28. The smallest absolute Gasteiger partial charge is 0.0937 e. The molecule has 0 N–H and O–H groups in total. The summed E-state index contributed by atoms with van der Waals surface area (Å²) < 4.78 is 0.817. The van der Waals surface area contributed by atoms with Gasteiger partial charge >= 0.3 is 0 Å². The van der Waals surface area contributed by atoms with Gasteiger partial charge in [0.05, 0.1) is 4.34 Å². The van der Waals surface area contributed by atoms with E-state index >= 15 is 0 Å². The number of hydrogen-bond donors (Lipinski definition) is 0. The van der Waals surface area contributed by atoms with Crippen molar-refractivity contribution >= 4 is 22.9 Å². The number of thiophene rings is 1. The van der Waals surface area contributed by atoms with Gasteiger partial charge in [-0.25, -0.2) is 0 Å². The van der Waals surface area contributed by atoms with Gasteiger partial charge in [-0.3, -0.25) is 0 Å². The predicted octanol–water partition coefficient (Wildman–Crippen LogP) is 2.51. The van der Waals surface area contributed by atoms with Crippen molar-refractivity contribution in [3.8, 4) is 0 Å². The lowest BCUT2D eigenvalue weighted by Gasteiger charge is -1.68. The second-order valence-corrected chi connectivity index (χ2v) is 3.14. The van der Waals surface area contributed by atoms with Crippen molar-refractivity contribution in [2.45, 2.75) is 6.92 Å². The molecule has 0 aliphatic heterocycles.